The molecule has 482 valence electrons. The van der Waals surface area contributed by atoms with Crippen molar-refractivity contribution < 1.29 is 57.7 Å². The minimum Gasteiger partial charge on any atom is -0.396 e. The molecule has 3 aromatic carbocycles. The third-order valence-electron chi connectivity index (χ3n) is 17.5. The number of likely N-dealkylation sites (N-methyl/N-ethyl adjacent to an activating group) is 2. The number of nitrogens with zero attached hydrogens (tertiary/aromatic N) is 5. The second-order valence-electron chi connectivity index (χ2n) is 23.4. The van der Waals surface area contributed by atoms with E-state index in [-0.39, 0.29) is 120 Å². The van der Waals surface area contributed by atoms with Crippen molar-refractivity contribution in [3.05, 3.63) is 120 Å². The highest BCUT2D eigenvalue weighted by Gasteiger charge is 2.50. The van der Waals surface area contributed by atoms with Crippen molar-refractivity contribution in [2.75, 3.05) is 73.4 Å². The smallest absolute Gasteiger partial charge is 0.247 e. The van der Waals surface area contributed by atoms with Crippen LogP contribution in [0.4, 0.5) is 0 Å². The highest BCUT2D eigenvalue weighted by Crippen LogP contribution is 2.37. The van der Waals surface area contributed by atoms with Gasteiger partial charge >= 0.3 is 0 Å². The van der Waals surface area contributed by atoms with Gasteiger partial charge in [0, 0.05) is 69.2 Å². The Kier molecular flexibility index (Phi) is 25.5. The van der Waals surface area contributed by atoms with Crippen molar-refractivity contribution in [2.24, 2.45) is 11.8 Å². The van der Waals surface area contributed by atoms with Gasteiger partial charge in [0.05, 0.1) is 63.5 Å². The van der Waals surface area contributed by atoms with Crippen molar-refractivity contribution >= 4 is 47.3 Å². The maximum Gasteiger partial charge on any atom is 0.247 e. The Hall–Kier alpha value is -7.68. The molecule has 8 rings (SSSR count). The summed E-state index contributed by atoms with van der Waals surface area (Å²) in [6.45, 7) is 5.36. The lowest BCUT2D eigenvalue weighted by atomic mass is 9.92. The molecule has 4 aromatic rings. The maximum atomic E-state index is 14.8. The molecule has 1 aromatic heterocycles. The number of aliphatic hydroxyl groups is 1. The Balaban J connectivity index is 0.710. The zero-order chi connectivity index (χ0) is 63.2. The molecule has 5 heterocycles. The number of rotatable bonds is 32. The van der Waals surface area contributed by atoms with Crippen LogP contribution in [0.3, 0.4) is 0 Å². The van der Waals surface area contributed by atoms with Crippen molar-refractivity contribution in [3.63, 3.8) is 0 Å². The van der Waals surface area contributed by atoms with Gasteiger partial charge in [0.1, 0.15) is 30.2 Å². The molecule has 0 saturated carbocycles. The quantitative estimate of drug-likeness (QED) is 0.0308. The van der Waals surface area contributed by atoms with Gasteiger partial charge in [-0.2, -0.15) is 0 Å². The minimum absolute atomic E-state index is 0.152. The summed E-state index contributed by atoms with van der Waals surface area (Å²) in [5, 5.41) is 42.3. The predicted molar refractivity (Wildman–Crippen MR) is 328 cm³/mol. The summed E-state index contributed by atoms with van der Waals surface area (Å²) in [6.07, 6.45) is 6.66. The molecular weight excluding hydrogens is 1140 g/mol. The average Bonchev–Trinajstić information content (AvgIpc) is 4.43. The highest BCUT2D eigenvalue weighted by atomic mass is 16.5. The van der Waals surface area contributed by atoms with E-state index < -0.39 is 72.0 Å². The molecule has 0 spiro atoms. The number of carbonyl (C=O) groups is 8. The molecular formula is C64H89N13O12. The lowest BCUT2D eigenvalue weighted by Gasteiger charge is -2.33. The zero-order valence-corrected chi connectivity index (χ0v) is 51.5. The van der Waals surface area contributed by atoms with E-state index in [9.17, 15) is 43.5 Å². The van der Waals surface area contributed by atoms with Crippen LogP contribution in [0.1, 0.15) is 106 Å². The molecule has 89 heavy (non-hydrogen) atoms. The molecule has 4 aliphatic heterocycles. The number of aliphatic hydroxyl groups excluding tert-OH is 1. The molecule has 8 amide bonds. The fourth-order valence-corrected chi connectivity index (χ4v) is 12.3. The van der Waals surface area contributed by atoms with Gasteiger partial charge in [-0.3, -0.25) is 43.0 Å². The summed E-state index contributed by atoms with van der Waals surface area (Å²) < 4.78 is 18.6. The van der Waals surface area contributed by atoms with Crippen molar-refractivity contribution in [1.29, 1.82) is 0 Å². The second kappa shape index (κ2) is 33.8. The number of fused-ring (bicyclic) bond motifs is 2. The van der Waals surface area contributed by atoms with Gasteiger partial charge in [-0.25, -0.2) is 0 Å². The number of carbonyl (C=O) groups excluding carboxylic acids is 8. The zero-order valence-electron chi connectivity index (χ0n) is 51.5. The first-order valence-corrected chi connectivity index (χ1v) is 31.3. The fourth-order valence-electron chi connectivity index (χ4n) is 12.3. The predicted octanol–water partition coefficient (Wildman–Crippen LogP) is 0.973. The van der Waals surface area contributed by atoms with Crippen LogP contribution in [0, 0.1) is 11.8 Å². The van der Waals surface area contributed by atoms with Crippen LogP contribution >= 0.6 is 0 Å². The van der Waals surface area contributed by atoms with Crippen molar-refractivity contribution in [1.82, 2.24) is 67.3 Å². The second-order valence-corrected chi connectivity index (χ2v) is 23.4. The topological polar surface area (TPSA) is 318 Å². The number of aromatic nitrogens is 3. The van der Waals surface area contributed by atoms with Crippen LogP contribution in [0.2, 0.25) is 0 Å². The van der Waals surface area contributed by atoms with Crippen molar-refractivity contribution in [2.45, 2.75) is 145 Å². The maximum absolute atomic E-state index is 14.8. The first-order valence-electron chi connectivity index (χ1n) is 31.3. The summed E-state index contributed by atoms with van der Waals surface area (Å²) in [5.74, 6) is -3.68. The van der Waals surface area contributed by atoms with Crippen LogP contribution < -0.4 is 42.5 Å². The summed E-state index contributed by atoms with van der Waals surface area (Å²) in [4.78, 5) is 113. The van der Waals surface area contributed by atoms with E-state index in [2.05, 4.69) is 52.8 Å². The molecule has 0 unspecified atom stereocenters. The largest absolute Gasteiger partial charge is 0.396 e. The van der Waals surface area contributed by atoms with E-state index >= 15 is 0 Å². The number of hydrogen-bond acceptors (Lipinski definition) is 16. The Bertz CT molecular complexity index is 2920. The molecule has 0 radical (unpaired) electrons. The highest BCUT2D eigenvalue weighted by molar-refractivity contribution is 5.96. The number of amides is 8. The Morgan fingerprint density at radius 1 is 0.573 bits per heavy atom. The summed E-state index contributed by atoms with van der Waals surface area (Å²) >= 11 is 0. The van der Waals surface area contributed by atoms with E-state index in [1.807, 2.05) is 60.7 Å². The molecule has 0 aliphatic carbocycles. The first-order chi connectivity index (χ1) is 43.2. The number of nitrogens with one attached hydrogen (secondary N) is 8. The van der Waals surface area contributed by atoms with E-state index in [0.717, 1.165) is 11.1 Å². The number of aryl methyl sites for hydroxylation is 1. The van der Waals surface area contributed by atoms with Gasteiger partial charge in [0.15, 0.2) is 0 Å². The van der Waals surface area contributed by atoms with Crippen LogP contribution in [-0.4, -0.2) is 199 Å². The average molecular weight is 1230 g/mol. The normalized spacial score (nSPS) is 22.6. The molecule has 11 atom stereocenters. The molecule has 0 bridgehead atoms. The summed E-state index contributed by atoms with van der Waals surface area (Å²) in [6, 6.07) is 21.7. The molecule has 9 N–H and O–H groups in total. The number of ether oxygens (including phenoxy) is 3. The minimum atomic E-state index is -1.06. The van der Waals surface area contributed by atoms with E-state index in [0.29, 0.717) is 69.0 Å². The van der Waals surface area contributed by atoms with Crippen LogP contribution in [0.5, 0.6) is 0 Å². The van der Waals surface area contributed by atoms with Crippen LogP contribution in [-0.2, 0) is 65.5 Å². The fraction of sp³-hybridized carbons (Fsp3) is 0.562. The summed E-state index contributed by atoms with van der Waals surface area (Å²) in [5.41, 5.74) is 2.99. The number of hydrogen-bond donors (Lipinski definition) is 9. The Morgan fingerprint density at radius 3 is 1.55 bits per heavy atom. The molecule has 25 nitrogen and oxygen atoms in total. The van der Waals surface area contributed by atoms with Crippen molar-refractivity contribution in [3.8, 4) is 0 Å². The van der Waals surface area contributed by atoms with E-state index in [1.54, 1.807) is 79.0 Å². The molecule has 25 heteroatoms. The van der Waals surface area contributed by atoms with Gasteiger partial charge in [-0.05, 0) is 96.0 Å². The molecule has 4 saturated heterocycles. The first kappa shape index (κ1) is 67.3. The van der Waals surface area contributed by atoms with Gasteiger partial charge in [0.25, 0.3) is 0 Å². The van der Waals surface area contributed by atoms with Gasteiger partial charge in [-0.1, -0.05) is 96.2 Å². The monoisotopic (exact) mass is 1230 g/mol. The lowest BCUT2D eigenvalue weighted by Crippen LogP contribution is -2.58. The molecule has 4 fully saturated rings. The van der Waals surface area contributed by atoms with Crippen LogP contribution in [0.25, 0.3) is 0 Å². The third kappa shape index (κ3) is 18.2. The van der Waals surface area contributed by atoms with Gasteiger partial charge in [-0.15, -0.1) is 5.10 Å². The standard InChI is InChI=1S/C64H89N13O12/c1-41(65-3)58(80)71-56-46(20-23-49-25-27-51(76(49)63(56)85)60(82)69-54(43-14-8-5-9-15-43)44-16-10-6-11-17-44)38-75-39-48(73-74-75)22-29-53(79)67-30-32-87-34-36-89-37-35-88-33-31-68-62(84)55(45-18-12-7-13-19-45)70-61(83)52-28-26-50-24-21-47(40-78)57(64(86)77(50)52)72-59(81)42(2)66-4/h5-19,39,41-42,46-47,49-52,54-57,65-66,78H,20-38,40H2,1-4H3,(H,67,79)(H,68,84)(H,69,82)(H,70,83)(H,71,80)(H,72,81)/t41-,42-,46+,47+,49-,50-,51-,52-,55-,56-,57-/m0/s1. The Labute approximate surface area is 520 Å². The Morgan fingerprint density at radius 2 is 1.03 bits per heavy atom. The SMILES string of the molecule is CN[C@@H](C)C(=O)N[C@@H]1C(=O)N2[C@@H](CC[C@@H]1Cn1cc(CCC(=O)NCCOCCOCCOCCNC(=O)[C@@H](NC(=O)[C@@H]3CC[C@@H]4CC[C@H](CO)[C@H](NC(=O)[C@H](C)NC)C(=O)N43)c3ccccc3)nn1)CC[C@H]2C(=O)NC(c1ccccc1)c1ccccc1. The lowest BCUT2D eigenvalue weighted by molar-refractivity contribution is -0.144. The number of benzene rings is 3. The third-order valence-corrected chi connectivity index (χ3v) is 17.5. The van der Waals surface area contributed by atoms with E-state index in [1.165, 1.54) is 0 Å². The van der Waals surface area contributed by atoms with E-state index in [4.69, 9.17) is 14.2 Å². The summed E-state index contributed by atoms with van der Waals surface area (Å²) in [7, 11) is 3.31. The van der Waals surface area contributed by atoms with Gasteiger partial charge in [0.2, 0.25) is 47.3 Å². The van der Waals surface area contributed by atoms with Crippen LogP contribution in [0.15, 0.2) is 97.2 Å². The molecule has 4 aliphatic rings. The van der Waals surface area contributed by atoms with Gasteiger partial charge < -0.3 is 71.7 Å².